The van der Waals surface area contributed by atoms with E-state index in [0.717, 1.165) is 5.69 Å². The molecule has 3 aromatic carbocycles. The van der Waals surface area contributed by atoms with Gasteiger partial charge in [0.15, 0.2) is 5.78 Å². The zero-order valence-corrected chi connectivity index (χ0v) is 15.1. The molecule has 4 rings (SSSR count). The molecule has 0 saturated heterocycles. The van der Waals surface area contributed by atoms with Crippen LogP contribution in [0.25, 0.3) is 0 Å². The zero-order valence-electron chi connectivity index (χ0n) is 15.1. The number of allylic oxidation sites excluding steroid dienone is 2. The average Bonchev–Trinajstić information content (AvgIpc) is 3.04. The highest BCUT2D eigenvalue weighted by atomic mass is 16.2. The third kappa shape index (κ3) is 3.62. The van der Waals surface area contributed by atoms with E-state index in [1.165, 1.54) is 6.08 Å². The number of benzene rings is 3. The molecule has 1 heterocycles. The number of hydrogen-bond donors (Lipinski definition) is 1. The van der Waals surface area contributed by atoms with Gasteiger partial charge in [0.1, 0.15) is 5.70 Å². The molecule has 0 unspecified atom stereocenters. The molecule has 28 heavy (non-hydrogen) atoms. The Morgan fingerprint density at radius 2 is 1.36 bits per heavy atom. The molecule has 4 heteroatoms. The quantitative estimate of drug-likeness (QED) is 0.521. The molecule has 0 aromatic heterocycles. The van der Waals surface area contributed by atoms with Gasteiger partial charge >= 0.3 is 0 Å². The number of para-hydroxylation sites is 2. The minimum absolute atomic E-state index is 0.151. The maximum absolute atomic E-state index is 13.1. The first-order chi connectivity index (χ1) is 13.7. The number of anilines is 2. The van der Waals surface area contributed by atoms with Gasteiger partial charge in [-0.3, -0.25) is 14.5 Å². The molecule has 0 spiro atoms. The molecular weight excluding hydrogens is 348 g/mol. The lowest BCUT2D eigenvalue weighted by Crippen LogP contribution is -2.27. The van der Waals surface area contributed by atoms with Gasteiger partial charge in [0.25, 0.3) is 5.91 Å². The van der Waals surface area contributed by atoms with Crippen LogP contribution in [0, 0.1) is 0 Å². The average molecular weight is 366 g/mol. The lowest BCUT2D eigenvalue weighted by Gasteiger charge is -2.19. The van der Waals surface area contributed by atoms with Crippen LogP contribution in [0.5, 0.6) is 0 Å². The van der Waals surface area contributed by atoms with Gasteiger partial charge in [-0.15, -0.1) is 0 Å². The zero-order chi connectivity index (χ0) is 19.3. The predicted molar refractivity (Wildman–Crippen MR) is 111 cm³/mol. The molecule has 1 aliphatic rings. The second-order valence-electron chi connectivity index (χ2n) is 6.32. The smallest absolute Gasteiger partial charge is 0.279 e. The molecule has 0 radical (unpaired) electrons. The van der Waals surface area contributed by atoms with E-state index in [1.807, 2.05) is 78.9 Å². The summed E-state index contributed by atoms with van der Waals surface area (Å²) in [4.78, 5) is 27.3. The number of carbonyl (C=O) groups is 2. The van der Waals surface area contributed by atoms with E-state index < -0.39 is 0 Å². The first kappa shape index (κ1) is 17.5. The number of ketones is 1. The van der Waals surface area contributed by atoms with Gasteiger partial charge < -0.3 is 5.32 Å². The molecule has 3 aromatic rings. The lowest BCUT2D eigenvalue weighted by molar-refractivity contribution is -0.114. The minimum Gasteiger partial charge on any atom is -0.351 e. The topological polar surface area (TPSA) is 49.4 Å². The van der Waals surface area contributed by atoms with Gasteiger partial charge in [-0.05, 0) is 30.3 Å². The maximum atomic E-state index is 13.1. The van der Waals surface area contributed by atoms with Crippen LogP contribution in [0.15, 0.2) is 115 Å². The molecule has 1 aliphatic heterocycles. The Balaban J connectivity index is 1.72. The van der Waals surface area contributed by atoms with Crippen molar-refractivity contribution in [1.82, 2.24) is 0 Å². The van der Waals surface area contributed by atoms with E-state index in [1.54, 1.807) is 23.1 Å². The number of carbonyl (C=O) groups excluding carboxylic acids is 2. The molecule has 136 valence electrons. The minimum atomic E-state index is -0.206. The van der Waals surface area contributed by atoms with E-state index in [4.69, 9.17) is 0 Å². The van der Waals surface area contributed by atoms with E-state index in [-0.39, 0.29) is 11.7 Å². The standard InChI is InChI=1S/C24H18N2O2/c27-23(18-10-4-1-5-11-18)17-21-16-22(25-19-12-6-2-7-13-19)24(28)26(21)20-14-8-3-9-15-20/h1-17,25H/b21-17+. The summed E-state index contributed by atoms with van der Waals surface area (Å²) < 4.78 is 0. The number of hydrogen-bond acceptors (Lipinski definition) is 3. The largest absolute Gasteiger partial charge is 0.351 e. The Hall–Kier alpha value is -3.92. The van der Waals surface area contributed by atoms with E-state index in [0.29, 0.717) is 22.6 Å². The van der Waals surface area contributed by atoms with Crippen molar-refractivity contribution in [3.05, 3.63) is 120 Å². The summed E-state index contributed by atoms with van der Waals surface area (Å²) in [5.74, 6) is -0.358. The van der Waals surface area contributed by atoms with Crippen LogP contribution in [0.3, 0.4) is 0 Å². The van der Waals surface area contributed by atoms with Crippen LogP contribution < -0.4 is 10.2 Å². The molecule has 0 atom stereocenters. The molecule has 0 bridgehead atoms. The Kier molecular flexibility index (Phi) is 4.85. The normalized spacial score (nSPS) is 14.9. The van der Waals surface area contributed by atoms with Crippen molar-refractivity contribution in [2.45, 2.75) is 0 Å². The van der Waals surface area contributed by atoms with E-state index in [9.17, 15) is 9.59 Å². The van der Waals surface area contributed by atoms with Crippen LogP contribution in [-0.4, -0.2) is 11.7 Å². The van der Waals surface area contributed by atoms with Crippen molar-refractivity contribution in [2.24, 2.45) is 0 Å². The Bertz CT molecular complexity index is 1060. The summed E-state index contributed by atoms with van der Waals surface area (Å²) >= 11 is 0. The number of nitrogens with zero attached hydrogens (tertiary/aromatic N) is 1. The van der Waals surface area contributed by atoms with Gasteiger partial charge in [0.2, 0.25) is 0 Å². The summed E-state index contributed by atoms with van der Waals surface area (Å²) in [5.41, 5.74) is 3.05. The fourth-order valence-corrected chi connectivity index (χ4v) is 3.05. The van der Waals surface area contributed by atoms with Gasteiger partial charge in [-0.1, -0.05) is 66.7 Å². The van der Waals surface area contributed by atoms with Crippen molar-refractivity contribution in [2.75, 3.05) is 10.2 Å². The van der Waals surface area contributed by atoms with Crippen molar-refractivity contribution in [3.63, 3.8) is 0 Å². The molecule has 0 fully saturated rings. The van der Waals surface area contributed by atoms with Crippen molar-refractivity contribution in [1.29, 1.82) is 0 Å². The molecule has 1 N–H and O–H groups in total. The SMILES string of the molecule is O=C(/C=C1\C=C(Nc2ccccc2)C(=O)N1c1ccccc1)c1ccccc1. The predicted octanol–water partition coefficient (Wildman–Crippen LogP) is 4.80. The third-order valence-corrected chi connectivity index (χ3v) is 4.39. The highest BCUT2D eigenvalue weighted by Gasteiger charge is 2.30. The summed E-state index contributed by atoms with van der Waals surface area (Å²) in [6.07, 6.45) is 3.21. The fraction of sp³-hybridized carbons (Fsp3) is 0. The number of rotatable bonds is 5. The van der Waals surface area contributed by atoms with Gasteiger partial charge in [0.05, 0.1) is 5.70 Å². The number of amides is 1. The van der Waals surface area contributed by atoms with Crippen LogP contribution in [0.1, 0.15) is 10.4 Å². The summed E-state index contributed by atoms with van der Waals surface area (Å²) in [6, 6.07) is 27.8. The van der Waals surface area contributed by atoms with E-state index in [2.05, 4.69) is 5.32 Å². The van der Waals surface area contributed by atoms with Crippen molar-refractivity contribution in [3.8, 4) is 0 Å². The summed E-state index contributed by atoms with van der Waals surface area (Å²) in [7, 11) is 0. The molecule has 4 nitrogen and oxygen atoms in total. The van der Waals surface area contributed by atoms with Gasteiger partial charge in [0, 0.05) is 23.0 Å². The molecule has 0 saturated carbocycles. The molecule has 1 amide bonds. The van der Waals surface area contributed by atoms with Gasteiger partial charge in [-0.2, -0.15) is 0 Å². The van der Waals surface area contributed by atoms with Crippen LogP contribution in [-0.2, 0) is 4.79 Å². The first-order valence-electron chi connectivity index (χ1n) is 8.97. The second kappa shape index (κ2) is 7.76. The highest BCUT2D eigenvalue weighted by Crippen LogP contribution is 2.29. The maximum Gasteiger partial charge on any atom is 0.279 e. The monoisotopic (exact) mass is 366 g/mol. The fourth-order valence-electron chi connectivity index (χ4n) is 3.05. The van der Waals surface area contributed by atoms with Gasteiger partial charge in [-0.25, -0.2) is 0 Å². The first-order valence-corrected chi connectivity index (χ1v) is 8.97. The lowest BCUT2D eigenvalue weighted by atomic mass is 10.1. The van der Waals surface area contributed by atoms with Crippen molar-refractivity contribution < 1.29 is 9.59 Å². The highest BCUT2D eigenvalue weighted by molar-refractivity contribution is 6.16. The second-order valence-corrected chi connectivity index (χ2v) is 6.32. The Morgan fingerprint density at radius 1 is 0.786 bits per heavy atom. The summed E-state index contributed by atoms with van der Waals surface area (Å²) in [6.45, 7) is 0. The Labute approximate surface area is 163 Å². The van der Waals surface area contributed by atoms with Crippen LogP contribution >= 0.6 is 0 Å². The van der Waals surface area contributed by atoms with Crippen molar-refractivity contribution >= 4 is 23.1 Å². The summed E-state index contributed by atoms with van der Waals surface area (Å²) in [5, 5.41) is 3.15. The molecular formula is C24H18N2O2. The Morgan fingerprint density at radius 3 is 2.00 bits per heavy atom. The molecule has 0 aliphatic carbocycles. The van der Waals surface area contributed by atoms with Crippen LogP contribution in [0.2, 0.25) is 0 Å². The third-order valence-electron chi connectivity index (χ3n) is 4.39. The van der Waals surface area contributed by atoms with Crippen LogP contribution in [0.4, 0.5) is 11.4 Å². The van der Waals surface area contributed by atoms with E-state index >= 15 is 0 Å². The number of nitrogens with one attached hydrogen (secondary N) is 1.